The van der Waals surface area contributed by atoms with Crippen LogP contribution in [0.5, 0.6) is 0 Å². The van der Waals surface area contributed by atoms with E-state index in [-0.39, 0.29) is 5.41 Å². The summed E-state index contributed by atoms with van der Waals surface area (Å²) in [5.41, 5.74) is 40.2. The standard InChI is InChI=1S/C41H48O6P2/c1-3-5-7-9-11-13-15-17-19-21-23-25-27-29-31-33-35-42-48-44-37-41(38-45-48)39-46-49(47-40-41)43-36-34-32-30-28-26-24-22-20-18-16-14-12-10-8-6-4-2/h35H,1,4,6,8,10,12,14,16,18,20,22,24,26,28,30,32,34,36-40H2,2H3. The average Bonchev–Trinajstić information content (AvgIpc) is 3.12. The summed E-state index contributed by atoms with van der Waals surface area (Å²) in [5.74, 6) is 0. The van der Waals surface area contributed by atoms with Crippen molar-refractivity contribution >= 4 is 17.2 Å². The lowest BCUT2D eigenvalue weighted by atomic mass is 9.93. The third kappa shape index (κ3) is 23.6. The van der Waals surface area contributed by atoms with Gasteiger partial charge in [0.05, 0.1) is 38.4 Å². The van der Waals surface area contributed by atoms with Crippen LogP contribution in [0.2, 0.25) is 0 Å². The fourth-order valence-electron chi connectivity index (χ4n) is 4.56. The first-order valence-electron chi connectivity index (χ1n) is 17.3. The van der Waals surface area contributed by atoms with Gasteiger partial charge in [-0.2, -0.15) is 0 Å². The van der Waals surface area contributed by atoms with Crippen LogP contribution < -0.4 is 0 Å². The summed E-state index contributed by atoms with van der Waals surface area (Å²) in [6, 6.07) is 0. The first-order valence-corrected chi connectivity index (χ1v) is 19.5. The Morgan fingerprint density at radius 2 is 0.878 bits per heavy atom. The van der Waals surface area contributed by atoms with Crippen LogP contribution in [0.3, 0.4) is 0 Å². The van der Waals surface area contributed by atoms with Gasteiger partial charge >= 0.3 is 17.2 Å². The maximum absolute atomic E-state index is 5.87. The zero-order valence-electron chi connectivity index (χ0n) is 29.0. The van der Waals surface area contributed by atoms with Gasteiger partial charge in [0.15, 0.2) is 0 Å². The first kappa shape index (κ1) is 41.8. The van der Waals surface area contributed by atoms with Gasteiger partial charge in [-0.05, 0) is 99.0 Å². The average molecular weight is 699 g/mol. The van der Waals surface area contributed by atoms with Crippen molar-refractivity contribution < 1.29 is 27.1 Å². The number of hydrogen-bond acceptors (Lipinski definition) is 6. The Morgan fingerprint density at radius 1 is 0.510 bits per heavy atom. The lowest BCUT2D eigenvalue weighted by molar-refractivity contribution is -0.0733. The van der Waals surface area contributed by atoms with E-state index in [9.17, 15) is 0 Å². The summed E-state index contributed by atoms with van der Waals surface area (Å²) >= 11 is 0. The molecule has 0 radical (unpaired) electrons. The van der Waals surface area contributed by atoms with Crippen LogP contribution in [-0.2, 0) is 27.1 Å². The topological polar surface area (TPSA) is 55.4 Å². The van der Waals surface area contributed by atoms with E-state index in [1.165, 1.54) is 103 Å². The molecule has 2 rings (SSSR count). The molecular formula is C41H48O6P2. The Labute approximate surface area is 296 Å². The molecule has 0 aromatic carbocycles. The zero-order chi connectivity index (χ0) is 34.8. The van der Waals surface area contributed by atoms with Crippen molar-refractivity contribution in [1.82, 2.24) is 0 Å². The van der Waals surface area contributed by atoms with Gasteiger partial charge in [0, 0.05) is 0 Å². The predicted molar refractivity (Wildman–Crippen MR) is 193 cm³/mol. The maximum Gasteiger partial charge on any atom is 0.397 e. The van der Waals surface area contributed by atoms with Crippen LogP contribution in [0.1, 0.15) is 110 Å². The third-order valence-corrected chi connectivity index (χ3v) is 9.30. The van der Waals surface area contributed by atoms with Crippen molar-refractivity contribution in [3.63, 3.8) is 0 Å². The smallest absolute Gasteiger partial charge is 0.397 e. The summed E-state index contributed by atoms with van der Waals surface area (Å²) in [6.45, 7) is 8.04. The molecule has 0 amide bonds. The quantitative estimate of drug-likeness (QED) is 0.0546. The normalized spacial score (nSPS) is 18.4. The monoisotopic (exact) mass is 698 g/mol. The third-order valence-electron chi connectivity index (χ3n) is 7.27. The highest BCUT2D eigenvalue weighted by atomic mass is 31.2. The van der Waals surface area contributed by atoms with Crippen LogP contribution in [0.4, 0.5) is 0 Å². The molecule has 0 bridgehead atoms. The number of unbranched alkanes of at least 4 members (excludes halogenated alkanes) is 15. The zero-order valence-corrected chi connectivity index (χ0v) is 30.8. The number of hydrogen-bond donors (Lipinski definition) is 0. The van der Waals surface area contributed by atoms with Crippen molar-refractivity contribution in [2.75, 3.05) is 33.0 Å². The molecule has 1 spiro atoms. The van der Waals surface area contributed by atoms with Gasteiger partial charge in [-0.25, -0.2) is 0 Å². The second-order valence-electron chi connectivity index (χ2n) is 11.5. The molecule has 0 aromatic rings. The van der Waals surface area contributed by atoms with Gasteiger partial charge in [0.2, 0.25) is 0 Å². The summed E-state index contributed by atoms with van der Waals surface area (Å²) in [4.78, 5) is 0. The second-order valence-corrected chi connectivity index (χ2v) is 13.9. The molecule has 8 heteroatoms. The van der Waals surface area contributed by atoms with Crippen LogP contribution in [-0.4, -0.2) is 33.0 Å². The highest BCUT2D eigenvalue weighted by Crippen LogP contribution is 2.53. The second kappa shape index (κ2) is 30.7. The molecule has 2 heterocycles. The van der Waals surface area contributed by atoms with Gasteiger partial charge in [0.25, 0.3) is 0 Å². The first-order chi connectivity index (χ1) is 24.3. The largest absolute Gasteiger partial charge is 0.425 e. The van der Waals surface area contributed by atoms with E-state index >= 15 is 0 Å². The van der Waals surface area contributed by atoms with Gasteiger partial charge in [-0.15, -0.1) is 0 Å². The molecule has 49 heavy (non-hydrogen) atoms. The van der Waals surface area contributed by atoms with E-state index in [1.807, 2.05) is 0 Å². The van der Waals surface area contributed by atoms with Crippen LogP contribution >= 0.6 is 17.2 Å². The molecule has 0 N–H and O–H groups in total. The van der Waals surface area contributed by atoms with Crippen molar-refractivity contribution in [3.8, 4) is 0 Å². The van der Waals surface area contributed by atoms with Gasteiger partial charge < -0.3 is 27.1 Å². The molecule has 2 aliphatic rings. The highest BCUT2D eigenvalue weighted by molar-refractivity contribution is 7.42. The molecule has 2 aliphatic heterocycles. The fraction of sp³-hybridized carbons (Fsp3) is 0.561. The molecule has 0 aliphatic carbocycles. The van der Waals surface area contributed by atoms with E-state index < -0.39 is 17.2 Å². The number of rotatable bonds is 20. The minimum absolute atomic E-state index is 0.354. The summed E-state index contributed by atoms with van der Waals surface area (Å²) in [6.07, 6.45) is 22.9. The van der Waals surface area contributed by atoms with Crippen LogP contribution in [0.15, 0.2) is 105 Å². The minimum atomic E-state index is -1.53. The molecule has 0 aromatic heterocycles. The molecule has 6 nitrogen and oxygen atoms in total. The molecule has 258 valence electrons. The maximum atomic E-state index is 5.87. The van der Waals surface area contributed by atoms with Crippen molar-refractivity contribution in [2.45, 2.75) is 110 Å². The molecule has 0 atom stereocenters. The fourth-order valence-corrected chi connectivity index (χ4v) is 6.92. The van der Waals surface area contributed by atoms with E-state index in [0.717, 1.165) is 6.42 Å². The molecule has 0 unspecified atom stereocenters. The Balaban J connectivity index is 1.52. The van der Waals surface area contributed by atoms with Crippen LogP contribution in [0, 0.1) is 5.41 Å². The SMILES string of the molecule is C=C=C=C=C=C=C=C=C=C=C=C=C=C=C=C=C=COP1OCC2(CO1)COP(OCCCCCCCCCCCCCCCCCC)OC2. The minimum Gasteiger partial charge on any atom is -0.425 e. The van der Waals surface area contributed by atoms with Gasteiger partial charge in [-0.1, -0.05) is 109 Å². The van der Waals surface area contributed by atoms with Crippen molar-refractivity contribution in [2.24, 2.45) is 5.41 Å². The Hall–Kier alpha value is -3.32. The lowest BCUT2D eigenvalue weighted by Crippen LogP contribution is -2.44. The Kier molecular flexibility index (Phi) is 26.2. The molecule has 0 saturated carbocycles. The summed E-state index contributed by atoms with van der Waals surface area (Å²) < 4.78 is 34.6. The van der Waals surface area contributed by atoms with Crippen molar-refractivity contribution in [1.29, 1.82) is 0 Å². The Bertz CT molecular complexity index is 1580. The van der Waals surface area contributed by atoms with E-state index in [0.29, 0.717) is 33.0 Å². The van der Waals surface area contributed by atoms with Crippen molar-refractivity contribution in [3.05, 3.63) is 105 Å². The summed E-state index contributed by atoms with van der Waals surface area (Å²) in [5, 5.41) is 0. The molecular weight excluding hydrogens is 650 g/mol. The van der Waals surface area contributed by atoms with E-state index in [1.54, 1.807) is 0 Å². The van der Waals surface area contributed by atoms with Crippen LogP contribution in [0.25, 0.3) is 0 Å². The molecule has 2 saturated heterocycles. The van der Waals surface area contributed by atoms with Gasteiger partial charge in [0.1, 0.15) is 6.26 Å². The van der Waals surface area contributed by atoms with E-state index in [4.69, 9.17) is 27.1 Å². The molecule has 2 fully saturated rings. The lowest BCUT2D eigenvalue weighted by Gasteiger charge is -2.41. The highest BCUT2D eigenvalue weighted by Gasteiger charge is 2.44. The van der Waals surface area contributed by atoms with Gasteiger partial charge in [-0.3, -0.25) is 0 Å². The predicted octanol–water partition coefficient (Wildman–Crippen LogP) is 11.4. The summed E-state index contributed by atoms with van der Waals surface area (Å²) in [7, 11) is -2.85. The Morgan fingerprint density at radius 3 is 1.31 bits per heavy atom. The van der Waals surface area contributed by atoms with E-state index in [2.05, 4.69) is 105 Å².